The lowest BCUT2D eigenvalue weighted by Gasteiger charge is -2.33. The van der Waals surface area contributed by atoms with E-state index in [4.69, 9.17) is 0 Å². The van der Waals surface area contributed by atoms with E-state index in [0.29, 0.717) is 31.7 Å². The van der Waals surface area contributed by atoms with Crippen LogP contribution < -0.4 is 5.32 Å². The van der Waals surface area contributed by atoms with Gasteiger partial charge in [-0.3, -0.25) is 9.69 Å². The summed E-state index contributed by atoms with van der Waals surface area (Å²) in [4.78, 5) is 14.6. The highest BCUT2D eigenvalue weighted by atomic mass is 127. The smallest absolute Gasteiger partial charge is 0.255 e. The lowest BCUT2D eigenvalue weighted by Crippen LogP contribution is -2.47. The monoisotopic (exact) mass is 499 g/mol. The molecule has 0 spiro atoms. The number of anilines is 1. The van der Waals surface area contributed by atoms with Crippen LogP contribution in [0.25, 0.3) is 0 Å². The average molecular weight is 499 g/mol. The topological polar surface area (TPSA) is 69.7 Å². The Labute approximate surface area is 173 Å². The largest absolute Gasteiger partial charge is 0.322 e. The van der Waals surface area contributed by atoms with Crippen LogP contribution in [0.15, 0.2) is 48.5 Å². The predicted molar refractivity (Wildman–Crippen MR) is 115 cm³/mol. The lowest BCUT2D eigenvalue weighted by molar-refractivity contribution is 0.102. The third-order valence-corrected chi connectivity index (χ3v) is 6.55. The van der Waals surface area contributed by atoms with Gasteiger partial charge in [-0.25, -0.2) is 8.42 Å². The predicted octanol–water partition coefficient (Wildman–Crippen LogP) is 2.62. The number of nitrogens with zero attached hydrogens (tertiary/aromatic N) is 2. The number of carbonyl (C=O) groups excluding carboxylic acids is 1. The van der Waals surface area contributed by atoms with E-state index in [2.05, 4.69) is 32.8 Å². The van der Waals surface area contributed by atoms with Gasteiger partial charge in [0, 0.05) is 47.5 Å². The standard InChI is InChI=1S/C19H22IN3O3S/c1-27(25,26)23-12-10-22(11-13-23)14-15-2-4-16(5-3-15)19(24)21-18-8-6-17(20)7-9-18/h2-9H,10-14H2,1H3,(H,21,24). The van der Waals surface area contributed by atoms with Gasteiger partial charge in [0.25, 0.3) is 5.91 Å². The number of amides is 1. The highest BCUT2D eigenvalue weighted by Gasteiger charge is 2.23. The first-order valence-electron chi connectivity index (χ1n) is 8.64. The molecule has 2 aromatic carbocycles. The van der Waals surface area contributed by atoms with Crippen molar-refractivity contribution >= 4 is 44.2 Å². The Morgan fingerprint density at radius 1 is 1.00 bits per heavy atom. The molecule has 1 N–H and O–H groups in total. The summed E-state index contributed by atoms with van der Waals surface area (Å²) in [6.07, 6.45) is 1.25. The minimum Gasteiger partial charge on any atom is -0.322 e. The molecule has 0 radical (unpaired) electrons. The van der Waals surface area contributed by atoms with E-state index in [1.165, 1.54) is 10.6 Å². The Balaban J connectivity index is 1.54. The fourth-order valence-electron chi connectivity index (χ4n) is 2.98. The molecule has 6 nitrogen and oxygen atoms in total. The molecule has 27 heavy (non-hydrogen) atoms. The van der Waals surface area contributed by atoms with Crippen LogP contribution in [0.4, 0.5) is 5.69 Å². The molecular formula is C19H22IN3O3S. The highest BCUT2D eigenvalue weighted by molar-refractivity contribution is 14.1. The van der Waals surface area contributed by atoms with Gasteiger partial charge >= 0.3 is 0 Å². The quantitative estimate of drug-likeness (QED) is 0.643. The number of piperazine rings is 1. The van der Waals surface area contributed by atoms with Crippen molar-refractivity contribution in [3.05, 3.63) is 63.2 Å². The van der Waals surface area contributed by atoms with Gasteiger partial charge in [0.15, 0.2) is 0 Å². The molecular weight excluding hydrogens is 477 g/mol. The number of benzene rings is 2. The summed E-state index contributed by atoms with van der Waals surface area (Å²) in [5, 5.41) is 2.89. The van der Waals surface area contributed by atoms with Gasteiger partial charge in [0.2, 0.25) is 10.0 Å². The summed E-state index contributed by atoms with van der Waals surface area (Å²) in [6, 6.07) is 15.2. The van der Waals surface area contributed by atoms with Crippen molar-refractivity contribution < 1.29 is 13.2 Å². The Morgan fingerprint density at radius 2 is 1.59 bits per heavy atom. The molecule has 0 atom stereocenters. The normalized spacial score (nSPS) is 16.2. The Kier molecular flexibility index (Phi) is 6.51. The van der Waals surface area contributed by atoms with Crippen LogP contribution in [0, 0.1) is 3.57 Å². The first kappa shape index (κ1) is 20.2. The maximum Gasteiger partial charge on any atom is 0.255 e. The molecule has 3 rings (SSSR count). The average Bonchev–Trinajstić information content (AvgIpc) is 2.64. The van der Waals surface area contributed by atoms with Crippen LogP contribution in [-0.2, 0) is 16.6 Å². The molecule has 2 aromatic rings. The van der Waals surface area contributed by atoms with Crippen LogP contribution in [0.2, 0.25) is 0 Å². The number of hydrogen-bond donors (Lipinski definition) is 1. The third kappa shape index (κ3) is 5.74. The zero-order valence-corrected chi connectivity index (χ0v) is 18.0. The molecule has 0 aliphatic carbocycles. The zero-order valence-electron chi connectivity index (χ0n) is 15.1. The maximum atomic E-state index is 12.3. The van der Waals surface area contributed by atoms with Gasteiger partial charge in [-0.2, -0.15) is 4.31 Å². The number of carbonyl (C=O) groups is 1. The molecule has 0 saturated carbocycles. The second-order valence-corrected chi connectivity index (χ2v) is 9.82. The van der Waals surface area contributed by atoms with E-state index in [9.17, 15) is 13.2 Å². The van der Waals surface area contributed by atoms with Crippen molar-refractivity contribution in [3.8, 4) is 0 Å². The number of nitrogens with one attached hydrogen (secondary N) is 1. The number of halogens is 1. The van der Waals surface area contributed by atoms with Crippen molar-refractivity contribution in [3.63, 3.8) is 0 Å². The summed E-state index contributed by atoms with van der Waals surface area (Å²) in [5.74, 6) is -0.135. The van der Waals surface area contributed by atoms with Crippen molar-refractivity contribution in [2.75, 3.05) is 37.8 Å². The fraction of sp³-hybridized carbons (Fsp3) is 0.316. The summed E-state index contributed by atoms with van der Waals surface area (Å²) in [7, 11) is -3.10. The molecule has 0 aromatic heterocycles. The molecule has 1 fully saturated rings. The van der Waals surface area contributed by atoms with Gasteiger partial charge in [-0.05, 0) is 64.6 Å². The van der Waals surface area contributed by atoms with E-state index in [1.54, 1.807) is 0 Å². The van der Waals surface area contributed by atoms with Crippen molar-refractivity contribution in [1.29, 1.82) is 0 Å². The van der Waals surface area contributed by atoms with Gasteiger partial charge in [0.05, 0.1) is 6.26 Å². The van der Waals surface area contributed by atoms with Crippen LogP contribution in [0.5, 0.6) is 0 Å². The highest BCUT2D eigenvalue weighted by Crippen LogP contribution is 2.15. The van der Waals surface area contributed by atoms with E-state index in [-0.39, 0.29) is 5.91 Å². The minimum absolute atomic E-state index is 0.135. The van der Waals surface area contributed by atoms with Gasteiger partial charge in [0.1, 0.15) is 0 Å². The minimum atomic E-state index is -3.10. The molecule has 1 aliphatic rings. The maximum absolute atomic E-state index is 12.3. The van der Waals surface area contributed by atoms with Crippen molar-refractivity contribution in [2.45, 2.75) is 6.54 Å². The molecule has 1 saturated heterocycles. The Bertz CT molecular complexity index is 891. The first-order valence-corrected chi connectivity index (χ1v) is 11.6. The summed E-state index contributed by atoms with van der Waals surface area (Å²) in [5.41, 5.74) is 2.49. The molecule has 1 amide bonds. The van der Waals surface area contributed by atoms with E-state index in [0.717, 1.165) is 21.4 Å². The summed E-state index contributed by atoms with van der Waals surface area (Å²) in [6.45, 7) is 3.21. The SMILES string of the molecule is CS(=O)(=O)N1CCN(Cc2ccc(C(=O)Nc3ccc(I)cc3)cc2)CC1. The number of sulfonamides is 1. The lowest BCUT2D eigenvalue weighted by atomic mass is 10.1. The van der Waals surface area contributed by atoms with Crippen LogP contribution in [0.1, 0.15) is 15.9 Å². The van der Waals surface area contributed by atoms with Gasteiger partial charge in [-0.15, -0.1) is 0 Å². The Hall–Kier alpha value is -1.49. The molecule has 1 aliphatic heterocycles. The number of rotatable bonds is 5. The summed E-state index contributed by atoms with van der Waals surface area (Å²) < 4.78 is 25.8. The molecule has 0 unspecified atom stereocenters. The van der Waals surface area contributed by atoms with Crippen LogP contribution in [-0.4, -0.2) is 56.0 Å². The molecule has 0 bridgehead atoms. The second-order valence-electron chi connectivity index (χ2n) is 6.60. The van der Waals surface area contributed by atoms with E-state index < -0.39 is 10.0 Å². The van der Waals surface area contributed by atoms with E-state index >= 15 is 0 Å². The third-order valence-electron chi connectivity index (χ3n) is 4.52. The fourth-order valence-corrected chi connectivity index (χ4v) is 4.16. The molecule has 1 heterocycles. The summed E-state index contributed by atoms with van der Waals surface area (Å²) >= 11 is 2.22. The van der Waals surface area contributed by atoms with Crippen molar-refractivity contribution in [2.24, 2.45) is 0 Å². The zero-order chi connectivity index (χ0) is 19.4. The van der Waals surface area contributed by atoms with Crippen LogP contribution in [0.3, 0.4) is 0 Å². The molecule has 8 heteroatoms. The first-order chi connectivity index (χ1) is 12.8. The molecule has 144 valence electrons. The van der Waals surface area contributed by atoms with Crippen molar-refractivity contribution in [1.82, 2.24) is 9.21 Å². The second kappa shape index (κ2) is 8.68. The Morgan fingerprint density at radius 3 is 2.15 bits per heavy atom. The van der Waals surface area contributed by atoms with E-state index in [1.807, 2.05) is 48.5 Å². The van der Waals surface area contributed by atoms with Gasteiger partial charge in [-0.1, -0.05) is 12.1 Å². The van der Waals surface area contributed by atoms with Gasteiger partial charge < -0.3 is 5.32 Å². The number of hydrogen-bond acceptors (Lipinski definition) is 4. The van der Waals surface area contributed by atoms with Crippen LogP contribution >= 0.6 is 22.6 Å².